The van der Waals surface area contributed by atoms with Gasteiger partial charge in [-0.2, -0.15) is 0 Å². The molecule has 0 saturated carbocycles. The van der Waals surface area contributed by atoms with E-state index in [1.54, 1.807) is 25.0 Å². The minimum atomic E-state index is 0.0407. The minimum Gasteiger partial charge on any atom is -0.496 e. The van der Waals surface area contributed by atoms with E-state index in [1.165, 1.54) is 11.3 Å². The van der Waals surface area contributed by atoms with Crippen LogP contribution in [0.1, 0.15) is 26.5 Å². The van der Waals surface area contributed by atoms with Gasteiger partial charge in [-0.1, -0.05) is 0 Å². The van der Waals surface area contributed by atoms with Gasteiger partial charge in [-0.25, -0.2) is 0 Å². The largest absolute Gasteiger partial charge is 0.496 e. The molecule has 0 fully saturated rings. The molecule has 0 spiro atoms. The van der Waals surface area contributed by atoms with Crippen LogP contribution < -0.4 is 4.74 Å². The summed E-state index contributed by atoms with van der Waals surface area (Å²) in [7, 11) is 1.63. The van der Waals surface area contributed by atoms with E-state index in [1.807, 2.05) is 13.8 Å². The molecule has 0 saturated heterocycles. The fraction of sp³-hybridized carbons (Fsp3) is 0.308. The van der Waals surface area contributed by atoms with Crippen LogP contribution >= 0.6 is 11.3 Å². The van der Waals surface area contributed by atoms with E-state index in [-0.39, 0.29) is 12.2 Å². The molecule has 0 aliphatic carbocycles. The number of Topliss-reactive ketones (excluding diaryl/α,β-unsaturated/α-hetero) is 1. The van der Waals surface area contributed by atoms with Gasteiger partial charge in [0.15, 0.2) is 5.78 Å². The van der Waals surface area contributed by atoms with Gasteiger partial charge < -0.3 is 4.74 Å². The van der Waals surface area contributed by atoms with Crippen molar-refractivity contribution in [1.29, 1.82) is 0 Å². The zero-order valence-electron chi connectivity index (χ0n) is 10.6. The molecule has 0 unspecified atom stereocenters. The smallest absolute Gasteiger partial charge is 0.180 e. The van der Waals surface area contributed by atoms with Gasteiger partial charge in [0.2, 0.25) is 0 Å². The van der Waals surface area contributed by atoms with Gasteiger partial charge in [0, 0.05) is 23.5 Å². The van der Waals surface area contributed by atoms with Crippen molar-refractivity contribution in [2.45, 2.75) is 20.3 Å². The second-order valence-electron chi connectivity index (χ2n) is 4.01. The van der Waals surface area contributed by atoms with Crippen molar-refractivity contribution >= 4 is 17.1 Å². The Labute approximate surface area is 110 Å². The van der Waals surface area contributed by atoms with E-state index in [4.69, 9.17) is 4.74 Å². The molecule has 2 heterocycles. The molecular weight excluding hydrogens is 248 g/mol. The van der Waals surface area contributed by atoms with Crippen molar-refractivity contribution in [3.05, 3.63) is 39.6 Å². The maximum absolute atomic E-state index is 12.0. The summed E-state index contributed by atoms with van der Waals surface area (Å²) < 4.78 is 5.33. The van der Waals surface area contributed by atoms with Crippen molar-refractivity contribution < 1.29 is 9.53 Å². The van der Waals surface area contributed by atoms with E-state index in [0.717, 1.165) is 22.6 Å². The number of hydrogen-bond donors (Lipinski definition) is 0. The van der Waals surface area contributed by atoms with E-state index in [0.29, 0.717) is 4.88 Å². The van der Waals surface area contributed by atoms with Gasteiger partial charge in [0.05, 0.1) is 29.6 Å². The third-order valence-corrected chi connectivity index (χ3v) is 3.60. The third kappa shape index (κ3) is 2.41. The number of rotatable bonds is 4. The summed E-state index contributed by atoms with van der Waals surface area (Å²) in [4.78, 5) is 20.9. The van der Waals surface area contributed by atoms with E-state index in [2.05, 4.69) is 9.97 Å². The average Bonchev–Trinajstić information content (AvgIpc) is 2.87. The number of ether oxygens (including phenoxy) is 1. The fourth-order valence-electron chi connectivity index (χ4n) is 1.84. The molecule has 0 aromatic carbocycles. The van der Waals surface area contributed by atoms with Crippen molar-refractivity contribution in [3.63, 3.8) is 0 Å². The molecule has 2 aromatic heterocycles. The van der Waals surface area contributed by atoms with Crippen molar-refractivity contribution in [3.8, 4) is 5.75 Å². The Balaban J connectivity index is 2.27. The number of thiazole rings is 1. The van der Waals surface area contributed by atoms with E-state index in [9.17, 15) is 4.79 Å². The molecule has 0 amide bonds. The van der Waals surface area contributed by atoms with Crippen LogP contribution in [0, 0.1) is 13.8 Å². The van der Waals surface area contributed by atoms with Crippen LogP contribution in [0.25, 0.3) is 0 Å². The molecule has 0 bridgehead atoms. The summed E-state index contributed by atoms with van der Waals surface area (Å²) in [5.41, 5.74) is 4.32. The fourth-order valence-corrected chi connectivity index (χ4v) is 2.40. The van der Waals surface area contributed by atoms with Crippen LogP contribution in [0.4, 0.5) is 0 Å². The quantitative estimate of drug-likeness (QED) is 0.795. The van der Waals surface area contributed by atoms with Gasteiger partial charge >= 0.3 is 0 Å². The molecule has 94 valence electrons. The Morgan fingerprint density at radius 3 is 2.78 bits per heavy atom. The lowest BCUT2D eigenvalue weighted by Crippen LogP contribution is -2.07. The predicted molar refractivity (Wildman–Crippen MR) is 70.4 cm³/mol. The lowest BCUT2D eigenvalue weighted by Gasteiger charge is -2.11. The maximum atomic E-state index is 12.0. The molecule has 2 aromatic rings. The van der Waals surface area contributed by atoms with Crippen LogP contribution in [0.3, 0.4) is 0 Å². The first-order valence-electron chi connectivity index (χ1n) is 5.54. The number of aromatic nitrogens is 2. The lowest BCUT2D eigenvalue weighted by atomic mass is 10.1. The first-order chi connectivity index (χ1) is 8.63. The second kappa shape index (κ2) is 5.27. The molecule has 18 heavy (non-hydrogen) atoms. The Morgan fingerprint density at radius 1 is 1.39 bits per heavy atom. The average molecular weight is 262 g/mol. The van der Waals surface area contributed by atoms with E-state index >= 15 is 0 Å². The minimum absolute atomic E-state index is 0.0407. The summed E-state index contributed by atoms with van der Waals surface area (Å²) in [5.74, 6) is 0.844. The van der Waals surface area contributed by atoms with Gasteiger partial charge in [-0.05, 0) is 13.8 Å². The van der Waals surface area contributed by atoms with Gasteiger partial charge in [-0.3, -0.25) is 14.8 Å². The zero-order chi connectivity index (χ0) is 13.1. The predicted octanol–water partition coefficient (Wildman–Crippen LogP) is 2.59. The summed E-state index contributed by atoms with van der Waals surface area (Å²) >= 11 is 1.35. The highest BCUT2D eigenvalue weighted by atomic mass is 32.1. The first kappa shape index (κ1) is 12.7. The standard InChI is InChI=1S/C13H14N2O2S/c1-8-5-15-10(9(2)13(8)17-3)4-11(16)12-6-14-7-18-12/h5-7H,4H2,1-3H3. The summed E-state index contributed by atoms with van der Waals surface area (Å²) in [6, 6.07) is 0. The highest BCUT2D eigenvalue weighted by Crippen LogP contribution is 2.25. The van der Waals surface area contributed by atoms with Crippen LogP contribution in [0.5, 0.6) is 5.75 Å². The number of carbonyl (C=O) groups is 1. The Hall–Kier alpha value is -1.75. The monoisotopic (exact) mass is 262 g/mol. The van der Waals surface area contributed by atoms with Gasteiger partial charge in [0.25, 0.3) is 0 Å². The second-order valence-corrected chi connectivity index (χ2v) is 4.90. The number of ketones is 1. The third-order valence-electron chi connectivity index (χ3n) is 2.78. The highest BCUT2D eigenvalue weighted by Gasteiger charge is 2.14. The molecule has 0 N–H and O–H groups in total. The van der Waals surface area contributed by atoms with Crippen LogP contribution in [0.2, 0.25) is 0 Å². The van der Waals surface area contributed by atoms with Crippen LogP contribution in [-0.2, 0) is 6.42 Å². The van der Waals surface area contributed by atoms with Crippen molar-refractivity contribution in [2.75, 3.05) is 7.11 Å². The van der Waals surface area contributed by atoms with Crippen molar-refractivity contribution in [1.82, 2.24) is 9.97 Å². The molecule has 0 radical (unpaired) electrons. The molecule has 0 atom stereocenters. The summed E-state index contributed by atoms with van der Waals surface area (Å²) in [5, 5.41) is 0. The molecule has 4 nitrogen and oxygen atoms in total. The molecule has 2 rings (SSSR count). The summed E-state index contributed by atoms with van der Waals surface area (Å²) in [6.07, 6.45) is 3.61. The van der Waals surface area contributed by atoms with Gasteiger partial charge in [0.1, 0.15) is 5.75 Å². The molecular formula is C13H14N2O2S. The lowest BCUT2D eigenvalue weighted by molar-refractivity contribution is 0.0995. The van der Waals surface area contributed by atoms with Crippen LogP contribution in [0.15, 0.2) is 17.9 Å². The molecule has 5 heteroatoms. The number of carbonyl (C=O) groups excluding carboxylic acids is 1. The van der Waals surface area contributed by atoms with Crippen LogP contribution in [-0.4, -0.2) is 22.9 Å². The van der Waals surface area contributed by atoms with Crippen molar-refractivity contribution in [2.24, 2.45) is 0 Å². The zero-order valence-corrected chi connectivity index (χ0v) is 11.4. The number of pyridine rings is 1. The van der Waals surface area contributed by atoms with E-state index < -0.39 is 0 Å². The number of nitrogens with zero attached hydrogens (tertiary/aromatic N) is 2. The Kier molecular flexibility index (Phi) is 3.72. The number of methoxy groups -OCH3 is 1. The Morgan fingerprint density at radius 2 is 2.17 bits per heavy atom. The Bertz CT molecular complexity index is 565. The van der Waals surface area contributed by atoms with Gasteiger partial charge in [-0.15, -0.1) is 11.3 Å². The number of aryl methyl sites for hydroxylation is 1. The maximum Gasteiger partial charge on any atom is 0.180 e. The topological polar surface area (TPSA) is 52.1 Å². The first-order valence-corrected chi connectivity index (χ1v) is 6.42. The molecule has 0 aliphatic heterocycles. The number of hydrogen-bond acceptors (Lipinski definition) is 5. The highest BCUT2D eigenvalue weighted by molar-refractivity contribution is 7.11. The molecule has 0 aliphatic rings. The SMILES string of the molecule is COc1c(C)cnc(CC(=O)c2cncs2)c1C. The summed E-state index contributed by atoms with van der Waals surface area (Å²) in [6.45, 7) is 3.86. The normalized spacial score (nSPS) is 10.4.